The molecule has 0 aromatic heterocycles. The normalized spacial score (nSPS) is 26.3. The second kappa shape index (κ2) is 4.54. The van der Waals surface area contributed by atoms with Crippen LogP contribution in [0.3, 0.4) is 0 Å². The van der Waals surface area contributed by atoms with E-state index in [0.717, 1.165) is 25.3 Å². The first-order valence-corrected chi connectivity index (χ1v) is 6.58. The number of amides is 1. The third kappa shape index (κ3) is 2.19. The Balaban J connectivity index is 1.98. The van der Waals surface area contributed by atoms with Gasteiger partial charge in [-0.1, -0.05) is 13.8 Å². The molecule has 1 saturated carbocycles. The Morgan fingerprint density at radius 3 is 2.47 bits per heavy atom. The van der Waals surface area contributed by atoms with Crippen LogP contribution in [-0.2, 0) is 4.79 Å². The largest absolute Gasteiger partial charge is 0.339 e. The predicted octanol–water partition coefficient (Wildman–Crippen LogP) is 2.82. The zero-order chi connectivity index (χ0) is 10.8. The number of hydrogen-bond donors (Lipinski definition) is 0. The Kier molecular flexibility index (Phi) is 3.32. The fourth-order valence-electron chi connectivity index (χ4n) is 2.91. The van der Waals surface area contributed by atoms with Crippen molar-refractivity contribution in [2.75, 3.05) is 6.54 Å². The maximum atomic E-state index is 12.3. The number of rotatable bonds is 4. The molecule has 1 aliphatic heterocycles. The summed E-state index contributed by atoms with van der Waals surface area (Å²) in [4.78, 5) is 14.5. The van der Waals surface area contributed by atoms with Gasteiger partial charge in [-0.3, -0.25) is 4.79 Å². The van der Waals surface area contributed by atoms with Crippen LogP contribution in [0.1, 0.15) is 52.4 Å². The van der Waals surface area contributed by atoms with Crippen molar-refractivity contribution in [3.8, 4) is 0 Å². The third-order valence-electron chi connectivity index (χ3n) is 4.08. The van der Waals surface area contributed by atoms with E-state index in [1.165, 1.54) is 25.7 Å². The third-order valence-corrected chi connectivity index (χ3v) is 4.08. The van der Waals surface area contributed by atoms with Gasteiger partial charge in [0, 0.05) is 18.5 Å². The highest BCUT2D eigenvalue weighted by Crippen LogP contribution is 2.40. The first-order chi connectivity index (χ1) is 7.27. The smallest absolute Gasteiger partial charge is 0.225 e. The van der Waals surface area contributed by atoms with Gasteiger partial charge in [0.2, 0.25) is 5.91 Å². The van der Waals surface area contributed by atoms with Gasteiger partial charge in [-0.25, -0.2) is 0 Å². The molecule has 2 rings (SSSR count). The number of likely N-dealkylation sites (tertiary alicyclic amines) is 1. The number of nitrogens with zero attached hydrogens (tertiary/aromatic N) is 1. The molecule has 2 aliphatic rings. The van der Waals surface area contributed by atoms with Crippen LogP contribution >= 0.6 is 0 Å². The summed E-state index contributed by atoms with van der Waals surface area (Å²) in [6.07, 6.45) is 7.21. The van der Waals surface area contributed by atoms with Gasteiger partial charge < -0.3 is 4.90 Å². The second-order valence-corrected chi connectivity index (χ2v) is 5.09. The lowest BCUT2D eigenvalue weighted by Crippen LogP contribution is -2.40. The van der Waals surface area contributed by atoms with Crippen molar-refractivity contribution in [3.05, 3.63) is 0 Å². The van der Waals surface area contributed by atoms with Crippen LogP contribution in [-0.4, -0.2) is 23.4 Å². The molecule has 1 atom stereocenters. The van der Waals surface area contributed by atoms with E-state index < -0.39 is 0 Å². The Bertz CT molecular complexity index is 231. The molecule has 0 aromatic carbocycles. The van der Waals surface area contributed by atoms with Gasteiger partial charge in [-0.2, -0.15) is 0 Å². The molecule has 2 fully saturated rings. The summed E-state index contributed by atoms with van der Waals surface area (Å²) in [6.45, 7) is 5.29. The summed E-state index contributed by atoms with van der Waals surface area (Å²) >= 11 is 0. The Labute approximate surface area is 93.0 Å². The zero-order valence-electron chi connectivity index (χ0n) is 10.0. The van der Waals surface area contributed by atoms with Crippen LogP contribution in [0.15, 0.2) is 0 Å². The van der Waals surface area contributed by atoms with Gasteiger partial charge in [0.15, 0.2) is 0 Å². The van der Waals surface area contributed by atoms with E-state index in [1.807, 2.05) is 0 Å². The van der Waals surface area contributed by atoms with Crippen LogP contribution in [0.5, 0.6) is 0 Å². The van der Waals surface area contributed by atoms with E-state index in [-0.39, 0.29) is 5.92 Å². The van der Waals surface area contributed by atoms with Crippen molar-refractivity contribution in [1.29, 1.82) is 0 Å². The molecule has 2 heteroatoms. The highest BCUT2D eigenvalue weighted by molar-refractivity contribution is 5.79. The molecular weight excluding hydrogens is 186 g/mol. The average Bonchev–Trinajstić information content (AvgIpc) is 2.98. The molecule has 0 aromatic rings. The number of carbonyl (C=O) groups excluding carboxylic acids is 1. The standard InChI is InChI=1S/C13H23NO/c1-3-10(4-2)13(15)14-9-5-6-12(14)11-7-8-11/h10-12H,3-9H2,1-2H3. The summed E-state index contributed by atoms with van der Waals surface area (Å²) in [5.41, 5.74) is 0. The molecule has 1 saturated heterocycles. The van der Waals surface area contributed by atoms with E-state index in [9.17, 15) is 4.79 Å². The van der Waals surface area contributed by atoms with Gasteiger partial charge in [-0.15, -0.1) is 0 Å². The summed E-state index contributed by atoms with van der Waals surface area (Å²) in [6, 6.07) is 0.609. The minimum Gasteiger partial charge on any atom is -0.339 e. The topological polar surface area (TPSA) is 20.3 Å². The highest BCUT2D eigenvalue weighted by atomic mass is 16.2. The molecule has 0 N–H and O–H groups in total. The zero-order valence-corrected chi connectivity index (χ0v) is 10.0. The average molecular weight is 209 g/mol. The Morgan fingerprint density at radius 2 is 1.93 bits per heavy atom. The van der Waals surface area contributed by atoms with Crippen molar-refractivity contribution in [1.82, 2.24) is 4.90 Å². The van der Waals surface area contributed by atoms with Gasteiger partial charge >= 0.3 is 0 Å². The van der Waals surface area contributed by atoms with Crippen LogP contribution in [0.4, 0.5) is 0 Å². The van der Waals surface area contributed by atoms with E-state index >= 15 is 0 Å². The lowest BCUT2D eigenvalue weighted by Gasteiger charge is -2.28. The quantitative estimate of drug-likeness (QED) is 0.697. The number of hydrogen-bond acceptors (Lipinski definition) is 1. The Morgan fingerprint density at radius 1 is 1.27 bits per heavy atom. The molecule has 1 unspecified atom stereocenters. The molecule has 1 heterocycles. The fraction of sp³-hybridized carbons (Fsp3) is 0.923. The maximum absolute atomic E-state index is 12.3. The van der Waals surface area contributed by atoms with Crippen LogP contribution in [0.25, 0.3) is 0 Å². The SMILES string of the molecule is CCC(CC)C(=O)N1CCCC1C1CC1. The molecule has 1 amide bonds. The molecule has 1 aliphatic carbocycles. The first kappa shape index (κ1) is 11.0. The molecule has 86 valence electrons. The summed E-state index contributed by atoms with van der Waals surface area (Å²) in [7, 11) is 0. The summed E-state index contributed by atoms with van der Waals surface area (Å²) < 4.78 is 0. The molecule has 0 radical (unpaired) electrons. The lowest BCUT2D eigenvalue weighted by molar-refractivity contribution is -0.137. The van der Waals surface area contributed by atoms with Gasteiger partial charge in [0.25, 0.3) is 0 Å². The minimum atomic E-state index is 0.282. The Hall–Kier alpha value is -0.530. The fourth-order valence-corrected chi connectivity index (χ4v) is 2.91. The highest BCUT2D eigenvalue weighted by Gasteiger charge is 2.40. The van der Waals surface area contributed by atoms with Crippen LogP contribution in [0, 0.1) is 11.8 Å². The number of carbonyl (C=O) groups is 1. The summed E-state index contributed by atoms with van der Waals surface area (Å²) in [5.74, 6) is 1.57. The monoisotopic (exact) mass is 209 g/mol. The van der Waals surface area contributed by atoms with Crippen LogP contribution < -0.4 is 0 Å². The van der Waals surface area contributed by atoms with Gasteiger partial charge in [0.05, 0.1) is 0 Å². The molecular formula is C13H23NO. The van der Waals surface area contributed by atoms with Gasteiger partial charge in [-0.05, 0) is 44.4 Å². The van der Waals surface area contributed by atoms with Gasteiger partial charge in [0.1, 0.15) is 0 Å². The van der Waals surface area contributed by atoms with Crippen molar-refractivity contribution >= 4 is 5.91 Å². The molecule has 0 bridgehead atoms. The van der Waals surface area contributed by atoms with Crippen molar-refractivity contribution in [2.24, 2.45) is 11.8 Å². The van der Waals surface area contributed by atoms with E-state index in [1.54, 1.807) is 0 Å². The summed E-state index contributed by atoms with van der Waals surface area (Å²) in [5, 5.41) is 0. The lowest BCUT2D eigenvalue weighted by atomic mass is 10.0. The molecule has 2 nitrogen and oxygen atoms in total. The maximum Gasteiger partial charge on any atom is 0.225 e. The predicted molar refractivity (Wildman–Crippen MR) is 61.5 cm³/mol. The van der Waals surface area contributed by atoms with Crippen molar-refractivity contribution in [3.63, 3.8) is 0 Å². The minimum absolute atomic E-state index is 0.282. The van der Waals surface area contributed by atoms with Crippen molar-refractivity contribution in [2.45, 2.75) is 58.4 Å². The van der Waals surface area contributed by atoms with Crippen LogP contribution in [0.2, 0.25) is 0 Å². The second-order valence-electron chi connectivity index (χ2n) is 5.09. The molecule has 0 spiro atoms. The van der Waals surface area contributed by atoms with Crippen molar-refractivity contribution < 1.29 is 4.79 Å². The van der Waals surface area contributed by atoms with E-state index in [4.69, 9.17) is 0 Å². The first-order valence-electron chi connectivity index (χ1n) is 6.58. The molecule has 15 heavy (non-hydrogen) atoms. The van der Waals surface area contributed by atoms with E-state index in [0.29, 0.717) is 11.9 Å². The van der Waals surface area contributed by atoms with E-state index in [2.05, 4.69) is 18.7 Å².